The van der Waals surface area contributed by atoms with Crippen LogP contribution in [-0.4, -0.2) is 46.9 Å². The summed E-state index contributed by atoms with van der Waals surface area (Å²) in [5.41, 5.74) is 1.20. The molecule has 1 saturated heterocycles. The maximum Gasteiger partial charge on any atom is 0.328 e. The summed E-state index contributed by atoms with van der Waals surface area (Å²) in [7, 11) is 0. The number of aryl methyl sites for hydroxylation is 2. The second kappa shape index (κ2) is 5.48. The van der Waals surface area contributed by atoms with Crippen LogP contribution in [0.4, 0.5) is 0 Å². The highest BCUT2D eigenvalue weighted by Crippen LogP contribution is 2.30. The zero-order chi connectivity index (χ0) is 15.0. The van der Waals surface area contributed by atoms with Gasteiger partial charge in [0.2, 0.25) is 5.91 Å². The monoisotopic (exact) mass is 308 g/mol. The lowest BCUT2D eigenvalue weighted by molar-refractivity contribution is -0.144. The van der Waals surface area contributed by atoms with E-state index in [1.807, 2.05) is 6.07 Å². The zero-order valence-corrected chi connectivity index (χ0v) is 12.2. The average molecular weight is 308 g/mol. The molecule has 1 fully saturated rings. The van der Waals surface area contributed by atoms with E-state index < -0.39 is 12.0 Å². The summed E-state index contributed by atoms with van der Waals surface area (Å²) in [5, 5.41) is 11.7. The quantitative estimate of drug-likeness (QED) is 0.840. The Morgan fingerprint density at radius 1 is 1.33 bits per heavy atom. The number of carbonyl (C=O) groups excluding carboxylic acids is 2. The van der Waals surface area contributed by atoms with Crippen LogP contribution in [0.5, 0.6) is 0 Å². The van der Waals surface area contributed by atoms with E-state index in [1.54, 1.807) is 0 Å². The third-order valence-electron chi connectivity index (χ3n) is 3.94. The summed E-state index contributed by atoms with van der Waals surface area (Å²) in [6.45, 7) is -0.233. The third kappa shape index (κ3) is 2.65. The SMILES string of the molecule is O=C1CN(C(=O)c2cc3c(s2)CCCC3)C(C(=O)O)CN1. The van der Waals surface area contributed by atoms with Crippen LogP contribution in [-0.2, 0) is 22.4 Å². The smallest absolute Gasteiger partial charge is 0.328 e. The van der Waals surface area contributed by atoms with E-state index in [2.05, 4.69) is 5.32 Å². The molecular weight excluding hydrogens is 292 g/mol. The number of carboxylic acid groups (broad SMARTS) is 1. The van der Waals surface area contributed by atoms with Crippen LogP contribution in [0.3, 0.4) is 0 Å². The molecule has 1 aromatic rings. The van der Waals surface area contributed by atoms with Crippen molar-refractivity contribution < 1.29 is 19.5 Å². The molecule has 1 aromatic heterocycles. The van der Waals surface area contributed by atoms with Crippen LogP contribution in [0.1, 0.15) is 33.0 Å². The Labute approximate surface area is 125 Å². The Kier molecular flexibility index (Phi) is 3.67. The van der Waals surface area contributed by atoms with Gasteiger partial charge in [0.1, 0.15) is 12.6 Å². The second-order valence-corrected chi connectivity index (χ2v) is 6.49. The fraction of sp³-hybridized carbons (Fsp3) is 0.500. The number of nitrogens with zero attached hydrogens (tertiary/aromatic N) is 1. The highest BCUT2D eigenvalue weighted by Gasteiger charge is 2.36. The normalized spacial score (nSPS) is 21.6. The Balaban J connectivity index is 1.86. The lowest BCUT2D eigenvalue weighted by Crippen LogP contribution is -2.59. The number of piperazine rings is 1. The molecule has 7 heteroatoms. The zero-order valence-electron chi connectivity index (χ0n) is 11.4. The largest absolute Gasteiger partial charge is 0.480 e. The molecule has 2 heterocycles. The topological polar surface area (TPSA) is 86.7 Å². The molecule has 0 radical (unpaired) electrons. The van der Waals surface area contributed by atoms with E-state index in [-0.39, 0.29) is 24.9 Å². The van der Waals surface area contributed by atoms with Crippen molar-refractivity contribution in [2.75, 3.05) is 13.1 Å². The molecule has 1 unspecified atom stereocenters. The summed E-state index contributed by atoms with van der Waals surface area (Å²) >= 11 is 1.44. The summed E-state index contributed by atoms with van der Waals surface area (Å²) in [4.78, 5) is 38.2. The molecule has 21 heavy (non-hydrogen) atoms. The first kappa shape index (κ1) is 14.1. The van der Waals surface area contributed by atoms with Gasteiger partial charge in [-0.3, -0.25) is 9.59 Å². The van der Waals surface area contributed by atoms with Crippen molar-refractivity contribution in [3.63, 3.8) is 0 Å². The molecule has 0 spiro atoms. The van der Waals surface area contributed by atoms with Gasteiger partial charge in [-0.15, -0.1) is 11.3 Å². The van der Waals surface area contributed by atoms with Crippen molar-refractivity contribution in [1.82, 2.24) is 10.2 Å². The van der Waals surface area contributed by atoms with Crippen molar-refractivity contribution >= 4 is 29.1 Å². The first-order valence-corrected chi connectivity index (χ1v) is 7.80. The number of carboxylic acids is 1. The molecule has 3 rings (SSSR count). The minimum atomic E-state index is -1.09. The van der Waals surface area contributed by atoms with E-state index in [0.29, 0.717) is 4.88 Å². The Morgan fingerprint density at radius 3 is 2.81 bits per heavy atom. The predicted molar refractivity (Wildman–Crippen MR) is 76.4 cm³/mol. The Hall–Kier alpha value is -1.89. The minimum Gasteiger partial charge on any atom is -0.480 e. The van der Waals surface area contributed by atoms with Gasteiger partial charge in [-0.1, -0.05) is 0 Å². The van der Waals surface area contributed by atoms with E-state index >= 15 is 0 Å². The highest BCUT2D eigenvalue weighted by atomic mass is 32.1. The standard InChI is InChI=1S/C14H16N2O4S/c17-12-7-16(9(6-15-12)14(19)20)13(18)11-5-8-3-1-2-4-10(8)21-11/h5,9H,1-4,6-7H2,(H,15,17)(H,19,20). The number of fused-ring (bicyclic) bond motifs is 1. The maximum atomic E-state index is 12.6. The maximum absolute atomic E-state index is 12.6. The molecule has 2 amide bonds. The molecule has 0 aromatic carbocycles. The van der Waals surface area contributed by atoms with Crippen LogP contribution in [0.25, 0.3) is 0 Å². The fourth-order valence-electron chi connectivity index (χ4n) is 2.81. The number of carbonyl (C=O) groups is 3. The van der Waals surface area contributed by atoms with E-state index in [4.69, 9.17) is 0 Å². The molecule has 6 nitrogen and oxygen atoms in total. The first-order chi connectivity index (χ1) is 10.1. The fourth-order valence-corrected chi connectivity index (χ4v) is 4.02. The average Bonchev–Trinajstić information content (AvgIpc) is 2.89. The molecular formula is C14H16N2O4S. The van der Waals surface area contributed by atoms with Crippen LogP contribution in [0.15, 0.2) is 6.07 Å². The van der Waals surface area contributed by atoms with Crippen molar-refractivity contribution in [2.24, 2.45) is 0 Å². The summed E-state index contributed by atoms with van der Waals surface area (Å²) in [5.74, 6) is -1.76. The van der Waals surface area contributed by atoms with Gasteiger partial charge in [0.15, 0.2) is 0 Å². The Morgan fingerprint density at radius 2 is 2.10 bits per heavy atom. The van der Waals surface area contributed by atoms with Crippen LogP contribution in [0.2, 0.25) is 0 Å². The second-order valence-electron chi connectivity index (χ2n) is 5.36. The van der Waals surface area contributed by atoms with Crippen molar-refractivity contribution in [1.29, 1.82) is 0 Å². The van der Waals surface area contributed by atoms with Crippen LogP contribution in [0, 0.1) is 0 Å². The predicted octanol–water partition coefficient (Wildman–Crippen LogP) is 0.652. The van der Waals surface area contributed by atoms with Gasteiger partial charge in [0, 0.05) is 11.4 Å². The molecule has 1 atom stereocenters. The van der Waals surface area contributed by atoms with Gasteiger partial charge in [0.25, 0.3) is 5.91 Å². The Bertz CT molecular complexity index is 587. The summed E-state index contributed by atoms with van der Waals surface area (Å²) in [6, 6.07) is 0.877. The van der Waals surface area contributed by atoms with E-state index in [0.717, 1.165) is 25.7 Å². The lowest BCUT2D eigenvalue weighted by atomic mass is 9.99. The van der Waals surface area contributed by atoms with Crippen molar-refractivity contribution in [2.45, 2.75) is 31.7 Å². The highest BCUT2D eigenvalue weighted by molar-refractivity contribution is 7.14. The van der Waals surface area contributed by atoms with Gasteiger partial charge < -0.3 is 15.3 Å². The molecule has 2 N–H and O–H groups in total. The van der Waals surface area contributed by atoms with Crippen LogP contribution >= 0.6 is 11.3 Å². The summed E-state index contributed by atoms with van der Waals surface area (Å²) in [6.07, 6.45) is 4.21. The molecule has 1 aliphatic carbocycles. The number of amides is 2. The first-order valence-electron chi connectivity index (χ1n) is 6.98. The molecule has 1 aliphatic heterocycles. The van der Waals surface area contributed by atoms with Gasteiger partial charge in [-0.25, -0.2) is 4.79 Å². The van der Waals surface area contributed by atoms with E-state index in [1.165, 1.54) is 26.7 Å². The number of thiophene rings is 1. The molecule has 112 valence electrons. The van der Waals surface area contributed by atoms with Crippen molar-refractivity contribution in [3.05, 3.63) is 21.4 Å². The van der Waals surface area contributed by atoms with Crippen LogP contribution < -0.4 is 5.32 Å². The van der Waals surface area contributed by atoms with Gasteiger partial charge >= 0.3 is 5.97 Å². The van der Waals surface area contributed by atoms with Gasteiger partial charge in [-0.2, -0.15) is 0 Å². The molecule has 0 bridgehead atoms. The number of rotatable bonds is 2. The third-order valence-corrected chi connectivity index (χ3v) is 5.16. The van der Waals surface area contributed by atoms with Gasteiger partial charge in [0.05, 0.1) is 4.88 Å². The number of hydrogen-bond acceptors (Lipinski definition) is 4. The van der Waals surface area contributed by atoms with Crippen molar-refractivity contribution in [3.8, 4) is 0 Å². The molecule has 2 aliphatic rings. The summed E-state index contributed by atoms with van der Waals surface area (Å²) < 4.78 is 0. The molecule has 0 saturated carbocycles. The number of aliphatic carboxylic acids is 1. The number of hydrogen-bond donors (Lipinski definition) is 2. The number of nitrogens with one attached hydrogen (secondary N) is 1. The lowest BCUT2D eigenvalue weighted by Gasteiger charge is -2.32. The van der Waals surface area contributed by atoms with E-state index in [9.17, 15) is 19.5 Å². The van der Waals surface area contributed by atoms with Gasteiger partial charge in [-0.05, 0) is 37.3 Å². The minimum absolute atomic E-state index is 0.0367.